The quantitative estimate of drug-likeness (QED) is 0.632. The predicted octanol–water partition coefficient (Wildman–Crippen LogP) is 2.07. The highest BCUT2D eigenvalue weighted by Crippen LogP contribution is 2.23. The van der Waals surface area contributed by atoms with E-state index in [1.807, 2.05) is 4.90 Å². The summed E-state index contributed by atoms with van der Waals surface area (Å²) >= 11 is 0. The van der Waals surface area contributed by atoms with Crippen molar-refractivity contribution < 1.29 is 9.59 Å². The van der Waals surface area contributed by atoms with E-state index in [0.29, 0.717) is 12.1 Å². The Balaban J connectivity index is 1.74. The SMILES string of the molecule is CC(CC(=O)N1CCCC1)=NNC(=O)C1CCCCC1. The van der Waals surface area contributed by atoms with Crippen LogP contribution in [-0.2, 0) is 9.59 Å². The van der Waals surface area contributed by atoms with Crippen molar-refractivity contribution in [3.63, 3.8) is 0 Å². The van der Waals surface area contributed by atoms with E-state index in [9.17, 15) is 9.59 Å². The zero-order chi connectivity index (χ0) is 14.4. The standard InChI is InChI=1S/C15H25N3O2/c1-12(11-14(19)18-9-5-6-10-18)16-17-15(20)13-7-3-2-4-8-13/h13H,2-11H2,1H3,(H,17,20). The maximum Gasteiger partial charge on any atom is 0.243 e. The molecule has 1 heterocycles. The fourth-order valence-corrected chi connectivity index (χ4v) is 2.94. The molecule has 2 fully saturated rings. The monoisotopic (exact) mass is 279 g/mol. The second-order valence-corrected chi connectivity index (χ2v) is 5.92. The molecule has 5 nitrogen and oxygen atoms in total. The van der Waals surface area contributed by atoms with Crippen LogP contribution in [0.5, 0.6) is 0 Å². The van der Waals surface area contributed by atoms with E-state index in [4.69, 9.17) is 0 Å². The van der Waals surface area contributed by atoms with Gasteiger partial charge in [-0.1, -0.05) is 19.3 Å². The molecule has 0 unspecified atom stereocenters. The van der Waals surface area contributed by atoms with Gasteiger partial charge in [0.2, 0.25) is 11.8 Å². The van der Waals surface area contributed by atoms with Crippen molar-refractivity contribution in [1.29, 1.82) is 0 Å². The number of carbonyl (C=O) groups excluding carboxylic acids is 2. The fourth-order valence-electron chi connectivity index (χ4n) is 2.94. The summed E-state index contributed by atoms with van der Waals surface area (Å²) in [5.41, 5.74) is 3.31. The Morgan fingerprint density at radius 2 is 1.75 bits per heavy atom. The van der Waals surface area contributed by atoms with Gasteiger partial charge < -0.3 is 4.90 Å². The molecule has 0 bridgehead atoms. The van der Waals surface area contributed by atoms with Gasteiger partial charge in [-0.2, -0.15) is 5.10 Å². The molecule has 2 amide bonds. The topological polar surface area (TPSA) is 61.8 Å². The number of hydrogen-bond donors (Lipinski definition) is 1. The Hall–Kier alpha value is -1.39. The number of likely N-dealkylation sites (tertiary alicyclic amines) is 1. The van der Waals surface area contributed by atoms with Crippen LogP contribution in [0, 0.1) is 5.92 Å². The molecule has 0 aromatic heterocycles. The third kappa shape index (κ3) is 4.32. The highest BCUT2D eigenvalue weighted by Gasteiger charge is 2.21. The molecule has 1 aliphatic carbocycles. The average molecular weight is 279 g/mol. The van der Waals surface area contributed by atoms with Crippen molar-refractivity contribution >= 4 is 17.5 Å². The van der Waals surface area contributed by atoms with Crippen molar-refractivity contribution in [3.05, 3.63) is 0 Å². The van der Waals surface area contributed by atoms with Crippen LogP contribution in [0.3, 0.4) is 0 Å². The Kier molecular flexibility index (Phi) is 5.56. The highest BCUT2D eigenvalue weighted by molar-refractivity contribution is 6.00. The lowest BCUT2D eigenvalue weighted by molar-refractivity contribution is -0.129. The van der Waals surface area contributed by atoms with Crippen molar-refractivity contribution in [2.24, 2.45) is 11.0 Å². The molecule has 2 rings (SSSR count). The van der Waals surface area contributed by atoms with Crippen LogP contribution < -0.4 is 5.43 Å². The predicted molar refractivity (Wildman–Crippen MR) is 78.3 cm³/mol. The Morgan fingerprint density at radius 3 is 2.40 bits per heavy atom. The number of rotatable bonds is 4. The summed E-state index contributed by atoms with van der Waals surface area (Å²) in [4.78, 5) is 25.7. The van der Waals surface area contributed by atoms with Gasteiger partial charge in [-0.05, 0) is 32.6 Å². The van der Waals surface area contributed by atoms with Crippen LogP contribution in [0.2, 0.25) is 0 Å². The van der Waals surface area contributed by atoms with Crippen LogP contribution in [0.4, 0.5) is 0 Å². The minimum atomic E-state index is 0.0117. The molecule has 5 heteroatoms. The number of carbonyl (C=O) groups is 2. The highest BCUT2D eigenvalue weighted by atomic mass is 16.2. The molecular formula is C15H25N3O2. The zero-order valence-electron chi connectivity index (χ0n) is 12.4. The smallest absolute Gasteiger partial charge is 0.243 e. The number of nitrogens with zero attached hydrogens (tertiary/aromatic N) is 2. The molecule has 1 N–H and O–H groups in total. The molecule has 1 aliphatic heterocycles. The molecule has 1 saturated carbocycles. The second-order valence-electron chi connectivity index (χ2n) is 5.92. The van der Waals surface area contributed by atoms with Gasteiger partial charge in [0, 0.05) is 24.7 Å². The number of amides is 2. The first-order valence-electron chi connectivity index (χ1n) is 7.77. The molecule has 0 spiro atoms. The minimum absolute atomic E-state index is 0.0117. The fraction of sp³-hybridized carbons (Fsp3) is 0.800. The lowest BCUT2D eigenvalue weighted by Gasteiger charge is -2.19. The largest absolute Gasteiger partial charge is 0.342 e. The van der Waals surface area contributed by atoms with Crippen molar-refractivity contribution in [2.75, 3.05) is 13.1 Å². The molecule has 1 saturated heterocycles. The van der Waals surface area contributed by atoms with E-state index in [1.165, 1.54) is 6.42 Å². The van der Waals surface area contributed by atoms with E-state index in [-0.39, 0.29) is 17.7 Å². The van der Waals surface area contributed by atoms with E-state index < -0.39 is 0 Å². The van der Waals surface area contributed by atoms with Gasteiger partial charge in [-0.15, -0.1) is 0 Å². The molecule has 0 aromatic carbocycles. The molecule has 112 valence electrons. The molecule has 2 aliphatic rings. The van der Waals surface area contributed by atoms with Crippen molar-refractivity contribution in [1.82, 2.24) is 10.3 Å². The second kappa shape index (κ2) is 7.41. The van der Waals surface area contributed by atoms with Gasteiger partial charge in [-0.3, -0.25) is 9.59 Å². The van der Waals surface area contributed by atoms with Gasteiger partial charge in [-0.25, -0.2) is 5.43 Å². The van der Waals surface area contributed by atoms with E-state index in [0.717, 1.165) is 51.6 Å². The Morgan fingerprint density at radius 1 is 1.10 bits per heavy atom. The molecule has 0 atom stereocenters. The first-order valence-corrected chi connectivity index (χ1v) is 7.77. The number of hydrogen-bond acceptors (Lipinski definition) is 3. The summed E-state index contributed by atoms with van der Waals surface area (Å²) in [5.74, 6) is 0.239. The Labute approximate surface area is 120 Å². The molecule has 0 radical (unpaired) electrons. The Bertz CT molecular complexity index is 381. The van der Waals surface area contributed by atoms with E-state index in [1.54, 1.807) is 6.92 Å². The van der Waals surface area contributed by atoms with Gasteiger partial charge in [0.1, 0.15) is 0 Å². The lowest BCUT2D eigenvalue weighted by atomic mass is 9.89. The molecular weight excluding hydrogens is 254 g/mol. The van der Waals surface area contributed by atoms with Crippen LogP contribution in [-0.4, -0.2) is 35.5 Å². The van der Waals surface area contributed by atoms with Gasteiger partial charge in [0.15, 0.2) is 0 Å². The first-order chi connectivity index (χ1) is 9.66. The molecule has 20 heavy (non-hydrogen) atoms. The van der Waals surface area contributed by atoms with E-state index >= 15 is 0 Å². The van der Waals surface area contributed by atoms with Gasteiger partial charge in [0.25, 0.3) is 0 Å². The third-order valence-electron chi connectivity index (χ3n) is 4.20. The summed E-state index contributed by atoms with van der Waals surface area (Å²) < 4.78 is 0. The maximum absolute atomic E-state index is 11.9. The van der Waals surface area contributed by atoms with Crippen LogP contribution in [0.25, 0.3) is 0 Å². The normalized spacial score (nSPS) is 21.1. The summed E-state index contributed by atoms with van der Waals surface area (Å²) in [5, 5.41) is 4.08. The lowest BCUT2D eigenvalue weighted by Crippen LogP contribution is -2.31. The van der Waals surface area contributed by atoms with Gasteiger partial charge in [0.05, 0.1) is 6.42 Å². The van der Waals surface area contributed by atoms with Crippen LogP contribution in [0.15, 0.2) is 5.10 Å². The minimum Gasteiger partial charge on any atom is -0.342 e. The van der Waals surface area contributed by atoms with Crippen molar-refractivity contribution in [3.8, 4) is 0 Å². The molecule has 0 aromatic rings. The van der Waals surface area contributed by atoms with Gasteiger partial charge >= 0.3 is 0 Å². The summed E-state index contributed by atoms with van der Waals surface area (Å²) in [7, 11) is 0. The summed E-state index contributed by atoms with van der Waals surface area (Å²) in [6.45, 7) is 3.52. The van der Waals surface area contributed by atoms with Crippen LogP contribution in [0.1, 0.15) is 58.3 Å². The summed E-state index contributed by atoms with van der Waals surface area (Å²) in [6.07, 6.45) is 7.94. The maximum atomic E-state index is 11.9. The van der Waals surface area contributed by atoms with Crippen molar-refractivity contribution in [2.45, 2.75) is 58.3 Å². The number of hydrazone groups is 1. The zero-order valence-corrected chi connectivity index (χ0v) is 12.4. The van der Waals surface area contributed by atoms with E-state index in [2.05, 4.69) is 10.5 Å². The summed E-state index contributed by atoms with van der Waals surface area (Å²) in [6, 6.07) is 0. The average Bonchev–Trinajstić information content (AvgIpc) is 3.00. The first kappa shape index (κ1) is 15.0. The number of nitrogens with one attached hydrogen (secondary N) is 1. The third-order valence-corrected chi connectivity index (χ3v) is 4.20. The van der Waals surface area contributed by atoms with Crippen LogP contribution >= 0.6 is 0 Å².